The van der Waals surface area contributed by atoms with Crippen molar-refractivity contribution in [3.05, 3.63) is 35.7 Å². The summed E-state index contributed by atoms with van der Waals surface area (Å²) in [6.07, 6.45) is -2.22. The number of amides is 1. The fourth-order valence-electron chi connectivity index (χ4n) is 2.75. The minimum absolute atomic E-state index is 0.00727. The molecule has 7 heteroatoms. The minimum Gasteiger partial charge on any atom is -0.338 e. The van der Waals surface area contributed by atoms with Crippen LogP contribution in [-0.4, -0.2) is 27.5 Å². The van der Waals surface area contributed by atoms with Gasteiger partial charge in [-0.2, -0.15) is 13.8 Å². The molecule has 1 saturated heterocycles. The second-order valence-electron chi connectivity index (χ2n) is 6.54. The molecule has 1 aromatic heterocycles. The molecule has 0 aliphatic carbocycles. The number of aromatic nitrogens is 2. The summed E-state index contributed by atoms with van der Waals surface area (Å²) >= 11 is 0. The number of benzene rings is 1. The highest BCUT2D eigenvalue weighted by molar-refractivity contribution is 5.79. The van der Waals surface area contributed by atoms with E-state index in [4.69, 9.17) is 0 Å². The van der Waals surface area contributed by atoms with Crippen molar-refractivity contribution in [3.8, 4) is 11.4 Å². The van der Waals surface area contributed by atoms with Gasteiger partial charge >= 0.3 is 6.43 Å². The van der Waals surface area contributed by atoms with Crippen LogP contribution < -0.4 is 0 Å². The lowest BCUT2D eigenvalue weighted by Crippen LogP contribution is -2.25. The van der Waals surface area contributed by atoms with Crippen LogP contribution in [0.3, 0.4) is 0 Å². The lowest BCUT2D eigenvalue weighted by Gasteiger charge is -2.19. The molecule has 1 fully saturated rings. The summed E-state index contributed by atoms with van der Waals surface area (Å²) in [5.74, 6) is -0.405. The Morgan fingerprint density at radius 1 is 1.30 bits per heavy atom. The number of carbonyl (C=O) groups is 1. The molecule has 2 aromatic rings. The van der Waals surface area contributed by atoms with E-state index in [-0.39, 0.29) is 17.1 Å². The molecular weight excluding hydrogens is 304 g/mol. The van der Waals surface area contributed by atoms with Gasteiger partial charge in [0.05, 0.1) is 0 Å². The maximum atomic E-state index is 12.5. The number of carbonyl (C=O) groups excluding carboxylic acids is 1. The summed E-state index contributed by atoms with van der Waals surface area (Å²) in [4.78, 5) is 17.5. The van der Waals surface area contributed by atoms with Gasteiger partial charge in [0.2, 0.25) is 11.7 Å². The summed E-state index contributed by atoms with van der Waals surface area (Å²) in [5.41, 5.74) is 1.57. The standard InChI is InChI=1S/C16H17F2N3O2/c1-16(2)7-12(22)21(9-16)8-10-3-5-11(6-4-10)14-19-15(13(17)18)23-20-14/h3-6,13H,7-9H2,1-2H3. The molecule has 0 unspecified atom stereocenters. The molecule has 1 aliphatic heterocycles. The monoisotopic (exact) mass is 321 g/mol. The Balaban J connectivity index is 1.71. The first-order valence-corrected chi connectivity index (χ1v) is 7.33. The number of hydrogen-bond donors (Lipinski definition) is 0. The Labute approximate surface area is 132 Å². The third-order valence-corrected chi connectivity index (χ3v) is 3.82. The Morgan fingerprint density at radius 2 is 2.00 bits per heavy atom. The molecule has 1 amide bonds. The second-order valence-corrected chi connectivity index (χ2v) is 6.54. The van der Waals surface area contributed by atoms with Crippen LogP contribution in [0.2, 0.25) is 0 Å². The molecular formula is C16H17F2N3O2. The molecule has 2 heterocycles. The van der Waals surface area contributed by atoms with Gasteiger partial charge < -0.3 is 9.42 Å². The number of rotatable bonds is 4. The van der Waals surface area contributed by atoms with Crippen LogP contribution in [0.25, 0.3) is 11.4 Å². The maximum absolute atomic E-state index is 12.5. The van der Waals surface area contributed by atoms with Crippen molar-refractivity contribution in [2.45, 2.75) is 33.2 Å². The molecule has 0 radical (unpaired) electrons. The van der Waals surface area contributed by atoms with Crippen LogP contribution in [0.15, 0.2) is 28.8 Å². The van der Waals surface area contributed by atoms with E-state index in [2.05, 4.69) is 28.5 Å². The van der Waals surface area contributed by atoms with E-state index in [1.165, 1.54) is 0 Å². The Bertz CT molecular complexity index is 710. The number of halogens is 2. The van der Waals surface area contributed by atoms with E-state index >= 15 is 0 Å². The van der Waals surface area contributed by atoms with Crippen molar-refractivity contribution >= 4 is 5.91 Å². The third-order valence-electron chi connectivity index (χ3n) is 3.82. The zero-order valence-electron chi connectivity index (χ0n) is 12.9. The van der Waals surface area contributed by atoms with Crippen LogP contribution in [0.4, 0.5) is 8.78 Å². The first kappa shape index (κ1) is 15.6. The van der Waals surface area contributed by atoms with Crippen LogP contribution in [0.1, 0.15) is 38.1 Å². The first-order valence-electron chi connectivity index (χ1n) is 7.33. The van der Waals surface area contributed by atoms with Crippen molar-refractivity contribution in [2.24, 2.45) is 5.41 Å². The average Bonchev–Trinajstić information content (AvgIpc) is 3.05. The van der Waals surface area contributed by atoms with Gasteiger partial charge in [-0.05, 0) is 11.0 Å². The summed E-state index contributed by atoms with van der Waals surface area (Å²) in [7, 11) is 0. The molecule has 1 aliphatic rings. The van der Waals surface area contributed by atoms with Gasteiger partial charge in [0.1, 0.15) is 0 Å². The van der Waals surface area contributed by atoms with Crippen LogP contribution in [-0.2, 0) is 11.3 Å². The Kier molecular flexibility index (Phi) is 3.87. The van der Waals surface area contributed by atoms with Gasteiger partial charge in [-0.15, -0.1) is 0 Å². The Morgan fingerprint density at radius 3 is 2.52 bits per heavy atom. The van der Waals surface area contributed by atoms with E-state index < -0.39 is 12.3 Å². The molecule has 0 spiro atoms. The molecule has 0 N–H and O–H groups in total. The summed E-state index contributed by atoms with van der Waals surface area (Å²) in [5, 5.41) is 3.54. The topological polar surface area (TPSA) is 59.2 Å². The molecule has 0 atom stereocenters. The summed E-state index contributed by atoms with van der Waals surface area (Å²) in [6, 6.07) is 7.15. The van der Waals surface area contributed by atoms with Gasteiger partial charge in [-0.1, -0.05) is 43.3 Å². The highest BCUT2D eigenvalue weighted by Gasteiger charge is 2.35. The van der Waals surface area contributed by atoms with Crippen LogP contribution in [0.5, 0.6) is 0 Å². The van der Waals surface area contributed by atoms with Gasteiger partial charge in [-0.25, -0.2) is 0 Å². The smallest absolute Gasteiger partial charge is 0.315 e. The fourth-order valence-corrected chi connectivity index (χ4v) is 2.75. The maximum Gasteiger partial charge on any atom is 0.315 e. The molecule has 1 aromatic carbocycles. The van der Waals surface area contributed by atoms with E-state index in [0.29, 0.717) is 18.5 Å². The number of nitrogens with zero attached hydrogens (tertiary/aromatic N) is 3. The zero-order valence-corrected chi connectivity index (χ0v) is 12.9. The quantitative estimate of drug-likeness (QED) is 0.865. The minimum atomic E-state index is -2.78. The number of hydrogen-bond acceptors (Lipinski definition) is 4. The molecule has 3 rings (SSSR count). The SMILES string of the molecule is CC1(C)CC(=O)N(Cc2ccc(-c3noc(C(F)F)n3)cc2)C1. The van der Waals surface area contributed by atoms with Crippen molar-refractivity contribution in [3.63, 3.8) is 0 Å². The van der Waals surface area contributed by atoms with Crippen molar-refractivity contribution in [1.29, 1.82) is 0 Å². The molecule has 23 heavy (non-hydrogen) atoms. The van der Waals surface area contributed by atoms with Crippen LogP contribution >= 0.6 is 0 Å². The predicted octanol–water partition coefficient (Wildman–Crippen LogP) is 3.43. The van der Waals surface area contributed by atoms with Gasteiger partial charge in [0, 0.05) is 25.1 Å². The highest BCUT2D eigenvalue weighted by Crippen LogP contribution is 2.31. The number of alkyl halides is 2. The fraction of sp³-hybridized carbons (Fsp3) is 0.438. The van der Waals surface area contributed by atoms with Crippen molar-refractivity contribution in [1.82, 2.24) is 15.0 Å². The third kappa shape index (κ3) is 3.38. The van der Waals surface area contributed by atoms with E-state index in [0.717, 1.165) is 12.1 Å². The zero-order chi connectivity index (χ0) is 16.6. The van der Waals surface area contributed by atoms with Gasteiger partial charge in [0.15, 0.2) is 0 Å². The van der Waals surface area contributed by atoms with E-state index in [1.54, 1.807) is 12.1 Å². The molecule has 0 bridgehead atoms. The number of likely N-dealkylation sites (tertiary alicyclic amines) is 1. The normalized spacial score (nSPS) is 17.3. The molecule has 122 valence electrons. The van der Waals surface area contributed by atoms with Crippen molar-refractivity contribution in [2.75, 3.05) is 6.54 Å². The van der Waals surface area contributed by atoms with Gasteiger partial charge in [-0.3, -0.25) is 4.79 Å². The van der Waals surface area contributed by atoms with E-state index in [1.807, 2.05) is 17.0 Å². The van der Waals surface area contributed by atoms with Crippen LogP contribution in [0, 0.1) is 5.41 Å². The van der Waals surface area contributed by atoms with Crippen molar-refractivity contribution < 1.29 is 18.1 Å². The van der Waals surface area contributed by atoms with Gasteiger partial charge in [0.25, 0.3) is 5.89 Å². The lowest BCUT2D eigenvalue weighted by molar-refractivity contribution is -0.128. The average molecular weight is 321 g/mol. The molecule has 5 nitrogen and oxygen atoms in total. The lowest BCUT2D eigenvalue weighted by atomic mass is 9.93. The second kappa shape index (κ2) is 5.72. The highest BCUT2D eigenvalue weighted by atomic mass is 19.3. The summed E-state index contributed by atoms with van der Waals surface area (Å²) in [6.45, 7) is 5.42. The van der Waals surface area contributed by atoms with E-state index in [9.17, 15) is 13.6 Å². The Hall–Kier alpha value is -2.31. The largest absolute Gasteiger partial charge is 0.338 e. The first-order chi connectivity index (χ1) is 10.8. The molecule has 0 saturated carbocycles. The predicted molar refractivity (Wildman–Crippen MR) is 78.5 cm³/mol. The summed E-state index contributed by atoms with van der Waals surface area (Å²) < 4.78 is 29.4.